The van der Waals surface area contributed by atoms with Gasteiger partial charge in [-0.1, -0.05) is 34.6 Å². The van der Waals surface area contributed by atoms with E-state index >= 15 is 0 Å². The van der Waals surface area contributed by atoms with Crippen molar-refractivity contribution in [2.45, 2.75) is 27.7 Å². The van der Waals surface area contributed by atoms with Crippen molar-refractivity contribution >= 4 is 12.4 Å². The topological polar surface area (TPSA) is 43.2 Å². The first-order valence-corrected chi connectivity index (χ1v) is 10.5. The second kappa shape index (κ2) is 17.1. The van der Waals surface area contributed by atoms with Crippen LogP contribution in [0.15, 0.2) is 34.6 Å². The normalized spacial score (nSPS) is 11.9. The van der Waals surface area contributed by atoms with Crippen molar-refractivity contribution in [3.63, 3.8) is 0 Å². The largest absolute Gasteiger partial charge is 1.00 e. The average molecular weight is 646 g/mol. The zero-order chi connectivity index (χ0) is 20.9. The molecule has 1 rings (SSSR count). The van der Waals surface area contributed by atoms with Crippen molar-refractivity contribution < 1.29 is 66.6 Å². The van der Waals surface area contributed by atoms with E-state index < -0.39 is 0 Å². The van der Waals surface area contributed by atoms with Gasteiger partial charge in [0.1, 0.15) is 13.1 Å². The summed E-state index contributed by atoms with van der Waals surface area (Å²) in [6.45, 7) is 16.4. The van der Waals surface area contributed by atoms with Gasteiger partial charge in [0.05, 0.1) is 52.7 Å². The van der Waals surface area contributed by atoms with Gasteiger partial charge in [0, 0.05) is 0 Å². The van der Waals surface area contributed by atoms with E-state index in [0.29, 0.717) is 13.2 Å². The zero-order valence-electron chi connectivity index (χ0n) is 19.5. The lowest BCUT2D eigenvalue weighted by atomic mass is 10.2. The van der Waals surface area contributed by atoms with Gasteiger partial charge in [-0.25, -0.2) is 0 Å². The number of hydrogen-bond acceptors (Lipinski definition) is 4. The molecule has 0 saturated heterocycles. The van der Waals surface area contributed by atoms with E-state index in [-0.39, 0.29) is 48.0 Å². The number of oxime groups is 2. The molecule has 0 atom stereocenters. The van der Waals surface area contributed by atoms with Crippen molar-refractivity contribution in [2.24, 2.45) is 10.3 Å². The first kappa shape index (κ1) is 31.7. The molecule has 0 unspecified atom stereocenters. The molecule has 0 heterocycles. The number of quaternary nitrogens is 2. The Morgan fingerprint density at radius 3 is 1.23 bits per heavy atom. The second-order valence-corrected chi connectivity index (χ2v) is 7.75. The molecule has 1 aromatic carbocycles. The molecule has 0 aliphatic rings. The summed E-state index contributed by atoms with van der Waals surface area (Å²) in [5.74, 6) is 0. The molecule has 0 bridgehead atoms. The molecule has 174 valence electrons. The van der Waals surface area contributed by atoms with Gasteiger partial charge in [0.15, 0.2) is 13.2 Å². The molecule has 0 radical (unpaired) electrons. The number of halogens is 2. The summed E-state index contributed by atoms with van der Waals surface area (Å²) in [6.07, 6.45) is 3.49. The Kier molecular flexibility index (Phi) is 18.1. The number of hydrogen-bond donors (Lipinski definition) is 0. The zero-order valence-corrected chi connectivity index (χ0v) is 23.8. The third-order valence-electron chi connectivity index (χ3n) is 5.99. The van der Waals surface area contributed by atoms with Crippen LogP contribution >= 0.6 is 0 Å². The maximum atomic E-state index is 5.41. The molecule has 0 aliphatic carbocycles. The van der Waals surface area contributed by atoms with Gasteiger partial charge >= 0.3 is 0 Å². The van der Waals surface area contributed by atoms with E-state index in [4.69, 9.17) is 9.68 Å². The average Bonchev–Trinajstić information content (AvgIpc) is 2.73. The van der Waals surface area contributed by atoms with Gasteiger partial charge in [-0.3, -0.25) is 0 Å². The van der Waals surface area contributed by atoms with Crippen LogP contribution in [0.5, 0.6) is 0 Å². The van der Waals surface area contributed by atoms with Crippen LogP contribution in [-0.4, -0.2) is 88.0 Å². The van der Waals surface area contributed by atoms with Crippen LogP contribution in [0.2, 0.25) is 0 Å². The lowest BCUT2D eigenvalue weighted by molar-refractivity contribution is -0.906. The van der Waals surface area contributed by atoms with E-state index in [1.807, 2.05) is 24.3 Å². The highest BCUT2D eigenvalue weighted by Gasteiger charge is 2.16. The molecule has 8 heteroatoms. The third kappa shape index (κ3) is 12.4. The number of benzene rings is 1. The summed E-state index contributed by atoms with van der Waals surface area (Å²) in [5, 5.41) is 8.15. The Labute approximate surface area is 217 Å². The van der Waals surface area contributed by atoms with Gasteiger partial charge in [-0.15, -0.1) is 0 Å². The Balaban J connectivity index is 0. The summed E-state index contributed by atoms with van der Waals surface area (Å²) in [4.78, 5) is 10.8. The van der Waals surface area contributed by atoms with E-state index in [2.05, 4.69) is 52.1 Å². The van der Waals surface area contributed by atoms with Crippen LogP contribution in [-0.2, 0) is 9.68 Å². The smallest absolute Gasteiger partial charge is 0.165 e. The van der Waals surface area contributed by atoms with Gasteiger partial charge in [-0.2, -0.15) is 0 Å². The summed E-state index contributed by atoms with van der Waals surface area (Å²) >= 11 is 0. The summed E-state index contributed by atoms with van der Waals surface area (Å²) in [6, 6.07) is 7.98. The first-order chi connectivity index (χ1) is 13.4. The Morgan fingerprint density at radius 2 is 0.967 bits per heavy atom. The maximum Gasteiger partial charge on any atom is 0.165 e. The summed E-state index contributed by atoms with van der Waals surface area (Å²) in [5.41, 5.74) is 2.00. The number of likely N-dealkylation sites (N-methyl/N-ethyl adjacent to an activating group) is 2. The highest BCUT2D eigenvalue weighted by molar-refractivity contribution is 5.83. The van der Waals surface area contributed by atoms with Crippen LogP contribution < -0.4 is 48.0 Å². The van der Waals surface area contributed by atoms with Crippen LogP contribution in [0.3, 0.4) is 0 Å². The number of rotatable bonds is 14. The molecular formula is C22H40I2N4O2. The quantitative estimate of drug-likeness (QED) is 0.0731. The molecule has 0 fully saturated rings. The van der Waals surface area contributed by atoms with E-state index in [1.54, 1.807) is 12.4 Å². The predicted molar refractivity (Wildman–Crippen MR) is 118 cm³/mol. The fraction of sp³-hybridized carbons (Fsp3) is 0.636. The summed E-state index contributed by atoms with van der Waals surface area (Å²) < 4.78 is 2.00. The molecule has 0 spiro atoms. The minimum absolute atomic E-state index is 0. The summed E-state index contributed by atoms with van der Waals surface area (Å²) in [7, 11) is 4.48. The van der Waals surface area contributed by atoms with Crippen molar-refractivity contribution in [2.75, 3.05) is 66.6 Å². The van der Waals surface area contributed by atoms with Gasteiger partial charge in [0.2, 0.25) is 0 Å². The van der Waals surface area contributed by atoms with Crippen LogP contribution in [0, 0.1) is 0 Å². The fourth-order valence-electron chi connectivity index (χ4n) is 2.57. The highest BCUT2D eigenvalue weighted by Crippen LogP contribution is 2.03. The van der Waals surface area contributed by atoms with Gasteiger partial charge < -0.3 is 66.6 Å². The molecule has 1 aromatic rings. The van der Waals surface area contributed by atoms with Crippen molar-refractivity contribution in [1.29, 1.82) is 0 Å². The predicted octanol–water partition coefficient (Wildman–Crippen LogP) is -2.63. The van der Waals surface area contributed by atoms with Crippen molar-refractivity contribution in [3.8, 4) is 0 Å². The van der Waals surface area contributed by atoms with Crippen LogP contribution in [0.4, 0.5) is 0 Å². The van der Waals surface area contributed by atoms with Gasteiger partial charge in [0.25, 0.3) is 0 Å². The fourth-order valence-corrected chi connectivity index (χ4v) is 2.57. The third-order valence-corrected chi connectivity index (χ3v) is 5.99. The molecular weight excluding hydrogens is 606 g/mol. The first-order valence-electron chi connectivity index (χ1n) is 10.5. The Morgan fingerprint density at radius 1 is 0.667 bits per heavy atom. The number of nitrogens with zero attached hydrogens (tertiary/aromatic N) is 4. The van der Waals surface area contributed by atoms with Crippen LogP contribution in [0.25, 0.3) is 0 Å². The SMILES string of the molecule is CC[N+](C)(CC)CCO/N=C\c1ccc(/C=N\OCC[N+](C)(CC)CC)cc1.[I-].[I-]. The minimum atomic E-state index is 0. The van der Waals surface area contributed by atoms with E-state index in [0.717, 1.165) is 59.4 Å². The van der Waals surface area contributed by atoms with E-state index in [9.17, 15) is 0 Å². The Hall–Kier alpha value is -0.460. The second-order valence-electron chi connectivity index (χ2n) is 7.75. The molecule has 6 nitrogen and oxygen atoms in total. The molecule has 0 aromatic heterocycles. The molecule has 0 N–H and O–H groups in total. The van der Waals surface area contributed by atoms with Gasteiger partial charge in [-0.05, 0) is 38.8 Å². The Bertz CT molecular complexity index is 549. The van der Waals surface area contributed by atoms with Crippen molar-refractivity contribution in [1.82, 2.24) is 0 Å². The molecule has 0 saturated carbocycles. The molecule has 0 amide bonds. The monoisotopic (exact) mass is 646 g/mol. The molecule has 0 aliphatic heterocycles. The lowest BCUT2D eigenvalue weighted by Crippen LogP contribution is -3.00. The standard InChI is InChI=1S/C22H40N4O2.2HI/c1-7-25(5,8-2)15-17-27-23-19-21-11-13-22(14-12-21)20-24-28-18-16-26(6,9-3)10-4;;/h11-14,19-20H,7-10,15-18H2,1-6H3;2*1H/q+2;;/p-2/b23-19-,24-20-;;. The lowest BCUT2D eigenvalue weighted by Gasteiger charge is -2.31. The highest BCUT2D eigenvalue weighted by atomic mass is 127. The minimum Gasteiger partial charge on any atom is -1.00 e. The van der Waals surface area contributed by atoms with Crippen LogP contribution in [0.1, 0.15) is 38.8 Å². The molecule has 30 heavy (non-hydrogen) atoms. The van der Waals surface area contributed by atoms with Crippen molar-refractivity contribution in [3.05, 3.63) is 35.4 Å². The maximum absolute atomic E-state index is 5.41. The van der Waals surface area contributed by atoms with E-state index in [1.165, 1.54) is 0 Å².